The molecule has 0 aliphatic carbocycles. The molecule has 0 saturated carbocycles. The normalized spacial score (nSPS) is 15.5. The van der Waals surface area contributed by atoms with Crippen molar-refractivity contribution in [2.45, 2.75) is 0 Å². The average Bonchev–Trinajstić information content (AvgIpc) is 2.94. The molecule has 0 bridgehead atoms. The molecule has 1 aliphatic rings. The lowest BCUT2D eigenvalue weighted by atomic mass is 10.2. The summed E-state index contributed by atoms with van der Waals surface area (Å²) in [5, 5.41) is 3.20. The zero-order chi connectivity index (χ0) is 18.5. The van der Waals surface area contributed by atoms with E-state index in [1.807, 2.05) is 54.6 Å². The van der Waals surface area contributed by atoms with Crippen LogP contribution in [0.15, 0.2) is 53.4 Å². The number of rotatable bonds is 6. The number of hydrogen-bond donors (Lipinski definition) is 1. The topological polar surface area (TPSA) is 50.8 Å². The van der Waals surface area contributed by atoms with Crippen LogP contribution in [0.25, 0.3) is 6.08 Å². The third kappa shape index (κ3) is 4.17. The van der Waals surface area contributed by atoms with Gasteiger partial charge in [0.1, 0.15) is 15.8 Å². The summed E-state index contributed by atoms with van der Waals surface area (Å²) >= 11 is 6.66. The smallest absolute Gasteiger partial charge is 0.267 e. The van der Waals surface area contributed by atoms with E-state index in [4.69, 9.17) is 21.7 Å². The van der Waals surface area contributed by atoms with Gasteiger partial charge in [0.25, 0.3) is 5.91 Å². The van der Waals surface area contributed by atoms with E-state index in [-0.39, 0.29) is 5.91 Å². The highest BCUT2D eigenvalue weighted by atomic mass is 32.2. The number of hydrogen-bond acceptors (Lipinski definition) is 6. The molecule has 0 spiro atoms. The summed E-state index contributed by atoms with van der Waals surface area (Å²) in [6, 6.07) is 15.0. The number of amides is 1. The summed E-state index contributed by atoms with van der Waals surface area (Å²) in [5.74, 6) is 1.46. The van der Waals surface area contributed by atoms with Crippen molar-refractivity contribution in [1.82, 2.24) is 4.90 Å². The van der Waals surface area contributed by atoms with E-state index in [2.05, 4.69) is 5.32 Å². The Bertz CT molecular complexity index is 833. The predicted molar refractivity (Wildman–Crippen MR) is 109 cm³/mol. The Morgan fingerprint density at radius 2 is 1.62 bits per heavy atom. The van der Waals surface area contributed by atoms with Gasteiger partial charge in [-0.15, -0.1) is 0 Å². The molecule has 1 amide bonds. The van der Waals surface area contributed by atoms with Crippen LogP contribution >= 0.6 is 24.0 Å². The number of methoxy groups -OCH3 is 2. The number of carbonyl (C=O) groups excluding carboxylic acids is 1. The number of nitrogens with one attached hydrogen (secondary N) is 1. The van der Waals surface area contributed by atoms with Crippen molar-refractivity contribution in [2.75, 3.05) is 26.2 Å². The Morgan fingerprint density at radius 3 is 2.19 bits per heavy atom. The Labute approximate surface area is 162 Å². The lowest BCUT2D eigenvalue weighted by Crippen LogP contribution is -2.33. The highest BCUT2D eigenvalue weighted by Crippen LogP contribution is 2.32. The lowest BCUT2D eigenvalue weighted by Gasteiger charge is -2.16. The van der Waals surface area contributed by atoms with Crippen molar-refractivity contribution in [1.29, 1.82) is 0 Å². The molecule has 3 rings (SSSR count). The first kappa shape index (κ1) is 18.3. The van der Waals surface area contributed by atoms with Gasteiger partial charge in [-0.3, -0.25) is 9.69 Å². The molecule has 0 atom stereocenters. The van der Waals surface area contributed by atoms with Crippen molar-refractivity contribution in [3.8, 4) is 11.5 Å². The number of benzene rings is 2. The molecule has 1 aliphatic heterocycles. The van der Waals surface area contributed by atoms with E-state index in [1.54, 1.807) is 19.1 Å². The first-order valence-electron chi connectivity index (χ1n) is 7.88. The Morgan fingerprint density at radius 1 is 1.04 bits per heavy atom. The molecule has 0 radical (unpaired) electrons. The summed E-state index contributed by atoms with van der Waals surface area (Å²) in [6.45, 7) is 0.316. The SMILES string of the molecule is COc1ccc(/C=C2\SC(=S)N(CNc3ccc(OC)cc3)C2=O)cc1. The summed E-state index contributed by atoms with van der Waals surface area (Å²) in [5.41, 5.74) is 1.81. The van der Waals surface area contributed by atoms with E-state index in [0.717, 1.165) is 22.7 Å². The molecule has 26 heavy (non-hydrogen) atoms. The number of carbonyl (C=O) groups is 1. The Hall–Kier alpha value is -2.51. The Kier molecular flexibility index (Phi) is 5.80. The maximum absolute atomic E-state index is 12.6. The first-order valence-corrected chi connectivity index (χ1v) is 9.10. The monoisotopic (exact) mass is 386 g/mol. The van der Waals surface area contributed by atoms with Gasteiger partial charge in [-0.1, -0.05) is 36.1 Å². The first-order chi connectivity index (χ1) is 12.6. The van der Waals surface area contributed by atoms with Crippen LogP contribution in [0, 0.1) is 0 Å². The van der Waals surface area contributed by atoms with Gasteiger partial charge in [-0.2, -0.15) is 0 Å². The van der Waals surface area contributed by atoms with Crippen LogP contribution in [0.5, 0.6) is 11.5 Å². The van der Waals surface area contributed by atoms with Gasteiger partial charge in [0.05, 0.1) is 25.8 Å². The number of nitrogens with zero attached hydrogens (tertiary/aromatic N) is 1. The number of ether oxygens (including phenoxy) is 2. The quantitative estimate of drug-likeness (QED) is 0.599. The molecule has 1 N–H and O–H groups in total. The molecule has 134 valence electrons. The second-order valence-electron chi connectivity index (χ2n) is 5.45. The number of thioether (sulfide) groups is 1. The minimum atomic E-state index is -0.100. The van der Waals surface area contributed by atoms with Crippen LogP contribution in [0.4, 0.5) is 5.69 Å². The second kappa shape index (κ2) is 8.25. The Balaban J connectivity index is 1.66. The van der Waals surface area contributed by atoms with Crippen LogP contribution in [0.3, 0.4) is 0 Å². The molecule has 5 nitrogen and oxygen atoms in total. The third-order valence-corrected chi connectivity index (χ3v) is 5.20. The fourth-order valence-corrected chi connectivity index (χ4v) is 3.62. The molecular weight excluding hydrogens is 368 g/mol. The van der Waals surface area contributed by atoms with Gasteiger partial charge in [0, 0.05) is 5.69 Å². The van der Waals surface area contributed by atoms with Crippen molar-refractivity contribution in [3.63, 3.8) is 0 Å². The second-order valence-corrected chi connectivity index (χ2v) is 7.12. The maximum Gasteiger partial charge on any atom is 0.267 e. The van der Waals surface area contributed by atoms with Gasteiger partial charge in [-0.05, 0) is 48.0 Å². The van der Waals surface area contributed by atoms with E-state index in [1.165, 1.54) is 11.8 Å². The highest BCUT2D eigenvalue weighted by molar-refractivity contribution is 8.26. The fraction of sp³-hybridized carbons (Fsp3) is 0.158. The molecule has 1 heterocycles. The van der Waals surface area contributed by atoms with Crippen molar-refractivity contribution >= 4 is 46.0 Å². The fourth-order valence-electron chi connectivity index (χ4n) is 2.37. The number of thiocarbonyl (C=S) groups is 1. The average molecular weight is 386 g/mol. The minimum Gasteiger partial charge on any atom is -0.497 e. The van der Waals surface area contributed by atoms with E-state index in [9.17, 15) is 4.79 Å². The van der Waals surface area contributed by atoms with E-state index < -0.39 is 0 Å². The lowest BCUT2D eigenvalue weighted by molar-refractivity contribution is -0.121. The van der Waals surface area contributed by atoms with Gasteiger partial charge in [0.15, 0.2) is 0 Å². The van der Waals surface area contributed by atoms with Crippen molar-refractivity contribution < 1.29 is 14.3 Å². The van der Waals surface area contributed by atoms with E-state index in [0.29, 0.717) is 15.9 Å². The summed E-state index contributed by atoms with van der Waals surface area (Å²) in [4.78, 5) is 14.8. The van der Waals surface area contributed by atoms with Crippen LogP contribution in [-0.4, -0.2) is 36.0 Å². The summed E-state index contributed by atoms with van der Waals surface area (Å²) in [7, 11) is 3.24. The van der Waals surface area contributed by atoms with Gasteiger partial charge in [-0.25, -0.2) is 0 Å². The molecular formula is C19H18N2O3S2. The molecule has 7 heteroatoms. The van der Waals surface area contributed by atoms with Gasteiger partial charge >= 0.3 is 0 Å². The zero-order valence-corrected chi connectivity index (χ0v) is 16.0. The van der Waals surface area contributed by atoms with Gasteiger partial charge < -0.3 is 14.8 Å². The van der Waals surface area contributed by atoms with Crippen LogP contribution in [-0.2, 0) is 4.79 Å². The molecule has 1 saturated heterocycles. The molecule has 0 aromatic heterocycles. The highest BCUT2D eigenvalue weighted by Gasteiger charge is 2.31. The van der Waals surface area contributed by atoms with Crippen LogP contribution < -0.4 is 14.8 Å². The van der Waals surface area contributed by atoms with Crippen LogP contribution in [0.1, 0.15) is 5.56 Å². The third-order valence-electron chi connectivity index (χ3n) is 3.82. The predicted octanol–water partition coefficient (Wildman–Crippen LogP) is 3.97. The van der Waals surface area contributed by atoms with Crippen molar-refractivity contribution in [3.05, 3.63) is 59.0 Å². The zero-order valence-electron chi connectivity index (χ0n) is 14.4. The molecule has 2 aromatic rings. The van der Waals surface area contributed by atoms with Crippen LogP contribution in [0.2, 0.25) is 0 Å². The molecule has 0 unspecified atom stereocenters. The van der Waals surface area contributed by atoms with Crippen molar-refractivity contribution in [2.24, 2.45) is 0 Å². The molecule has 2 aromatic carbocycles. The number of anilines is 1. The van der Waals surface area contributed by atoms with Gasteiger partial charge in [0.2, 0.25) is 0 Å². The maximum atomic E-state index is 12.6. The minimum absolute atomic E-state index is 0.100. The molecule has 1 fully saturated rings. The largest absolute Gasteiger partial charge is 0.497 e. The summed E-state index contributed by atoms with van der Waals surface area (Å²) < 4.78 is 10.8. The summed E-state index contributed by atoms with van der Waals surface area (Å²) in [6.07, 6.45) is 1.84. The standard InChI is InChI=1S/C19H18N2O3S2/c1-23-15-7-3-13(4-8-15)11-17-18(22)21(19(25)26-17)12-20-14-5-9-16(24-2)10-6-14/h3-11,20H,12H2,1-2H3/b17-11-. The van der Waals surface area contributed by atoms with E-state index >= 15 is 0 Å².